The van der Waals surface area contributed by atoms with Gasteiger partial charge in [0.2, 0.25) is 5.91 Å². The van der Waals surface area contributed by atoms with Crippen molar-refractivity contribution in [1.29, 1.82) is 5.26 Å². The maximum absolute atomic E-state index is 13.9. The molecular formula is C18H24FN5O. The first-order valence-electron chi connectivity index (χ1n) is 8.39. The number of carbonyl (C=O) groups excluding carboxylic acids is 1. The summed E-state index contributed by atoms with van der Waals surface area (Å²) in [5.41, 5.74) is 0.759. The van der Waals surface area contributed by atoms with Gasteiger partial charge in [-0.15, -0.1) is 0 Å². The Kier molecular flexibility index (Phi) is 6.34. The number of nitrogens with one attached hydrogen (secondary N) is 2. The van der Waals surface area contributed by atoms with Crippen molar-refractivity contribution in [3.05, 3.63) is 35.1 Å². The van der Waals surface area contributed by atoms with Crippen LogP contribution < -0.4 is 10.6 Å². The Bertz CT molecular complexity index is 695. The third kappa shape index (κ3) is 4.92. The predicted molar refractivity (Wildman–Crippen MR) is 94.3 cm³/mol. The van der Waals surface area contributed by atoms with Crippen LogP contribution in [0.1, 0.15) is 31.4 Å². The molecule has 0 saturated carbocycles. The molecule has 1 aromatic rings. The van der Waals surface area contributed by atoms with E-state index in [1.807, 2.05) is 24.8 Å². The molecule has 1 amide bonds. The van der Waals surface area contributed by atoms with E-state index in [0.717, 1.165) is 13.0 Å². The highest BCUT2D eigenvalue weighted by Gasteiger charge is 2.27. The average Bonchev–Trinajstić information content (AvgIpc) is 3.06. The monoisotopic (exact) mass is 345 g/mol. The Morgan fingerprint density at radius 2 is 2.28 bits per heavy atom. The Balaban J connectivity index is 1.88. The van der Waals surface area contributed by atoms with Gasteiger partial charge in [-0.05, 0) is 18.6 Å². The Morgan fingerprint density at radius 1 is 1.52 bits per heavy atom. The van der Waals surface area contributed by atoms with E-state index in [2.05, 4.69) is 15.6 Å². The second kappa shape index (κ2) is 8.47. The lowest BCUT2D eigenvalue weighted by molar-refractivity contribution is -0.133. The molecule has 134 valence electrons. The molecule has 0 bridgehead atoms. The largest absolute Gasteiger partial charge is 0.352 e. The van der Waals surface area contributed by atoms with Crippen molar-refractivity contribution >= 4 is 11.9 Å². The van der Waals surface area contributed by atoms with E-state index in [9.17, 15) is 9.18 Å². The zero-order valence-corrected chi connectivity index (χ0v) is 14.8. The third-order valence-corrected chi connectivity index (χ3v) is 4.19. The lowest BCUT2D eigenvalue weighted by Crippen LogP contribution is -2.45. The summed E-state index contributed by atoms with van der Waals surface area (Å²) < 4.78 is 13.9. The van der Waals surface area contributed by atoms with Crippen LogP contribution >= 0.6 is 0 Å². The molecule has 0 aliphatic carbocycles. The molecule has 1 heterocycles. The van der Waals surface area contributed by atoms with Gasteiger partial charge >= 0.3 is 0 Å². The van der Waals surface area contributed by atoms with Gasteiger partial charge in [0.05, 0.1) is 11.6 Å². The van der Waals surface area contributed by atoms with Gasteiger partial charge in [0.1, 0.15) is 5.82 Å². The number of likely N-dealkylation sites (tertiary alicyclic amines) is 1. The second-order valence-electron chi connectivity index (χ2n) is 6.41. The van der Waals surface area contributed by atoms with E-state index in [4.69, 9.17) is 5.26 Å². The lowest BCUT2D eigenvalue weighted by atomic mass is 10.1. The van der Waals surface area contributed by atoms with Crippen LogP contribution in [0.15, 0.2) is 23.2 Å². The first-order chi connectivity index (χ1) is 11.9. The predicted octanol–water partition coefficient (Wildman–Crippen LogP) is 1.62. The number of aliphatic imine (C=N–C) groups is 1. The Hall–Kier alpha value is -2.62. The van der Waals surface area contributed by atoms with Crippen molar-refractivity contribution in [2.45, 2.75) is 32.9 Å². The Morgan fingerprint density at radius 3 is 2.88 bits per heavy atom. The van der Waals surface area contributed by atoms with Gasteiger partial charge in [0.15, 0.2) is 5.96 Å². The molecule has 6 nitrogen and oxygen atoms in total. The van der Waals surface area contributed by atoms with Gasteiger partial charge in [0.25, 0.3) is 0 Å². The molecule has 2 N–H and O–H groups in total. The molecule has 0 spiro atoms. The minimum absolute atomic E-state index is 0.00412. The highest BCUT2D eigenvalue weighted by atomic mass is 19.1. The smallest absolute Gasteiger partial charge is 0.225 e. The standard InChI is InChI=1S/C18H24FN5O/c1-12(2)17(25)24-7-6-15(11-24)23-18(21-3)22-10-14-5-4-13(9-20)8-16(14)19/h4-5,8,12,15H,6-7,10-11H2,1-3H3,(H2,21,22,23). The molecular weight excluding hydrogens is 321 g/mol. The van der Waals surface area contributed by atoms with E-state index < -0.39 is 5.82 Å². The number of hydrogen-bond donors (Lipinski definition) is 2. The van der Waals surface area contributed by atoms with Crippen molar-refractivity contribution in [2.24, 2.45) is 10.9 Å². The maximum atomic E-state index is 13.9. The molecule has 2 rings (SSSR count). The number of halogens is 1. The van der Waals surface area contributed by atoms with E-state index in [1.54, 1.807) is 19.2 Å². The summed E-state index contributed by atoms with van der Waals surface area (Å²) >= 11 is 0. The summed E-state index contributed by atoms with van der Waals surface area (Å²) in [5.74, 6) is 0.298. The number of nitrogens with zero attached hydrogens (tertiary/aromatic N) is 3. The zero-order chi connectivity index (χ0) is 18.4. The van der Waals surface area contributed by atoms with Gasteiger partial charge in [0, 0.05) is 44.2 Å². The molecule has 7 heteroatoms. The van der Waals surface area contributed by atoms with Crippen LogP contribution in [-0.4, -0.2) is 42.9 Å². The van der Waals surface area contributed by atoms with E-state index >= 15 is 0 Å². The van der Waals surface area contributed by atoms with Crippen molar-refractivity contribution in [3.8, 4) is 6.07 Å². The maximum Gasteiger partial charge on any atom is 0.225 e. The molecule has 0 aromatic heterocycles. The van der Waals surface area contributed by atoms with E-state index in [-0.39, 0.29) is 24.4 Å². The van der Waals surface area contributed by atoms with Crippen LogP contribution in [-0.2, 0) is 11.3 Å². The van der Waals surface area contributed by atoms with E-state index in [0.29, 0.717) is 23.6 Å². The molecule has 1 aromatic carbocycles. The summed E-state index contributed by atoms with van der Waals surface area (Å²) in [6.07, 6.45) is 0.852. The first-order valence-corrected chi connectivity index (χ1v) is 8.39. The molecule has 1 aliphatic heterocycles. The third-order valence-electron chi connectivity index (χ3n) is 4.19. The normalized spacial score (nSPS) is 17.5. The molecule has 1 aliphatic rings. The van der Waals surface area contributed by atoms with Crippen LogP contribution in [0.3, 0.4) is 0 Å². The summed E-state index contributed by atoms with van der Waals surface area (Å²) in [4.78, 5) is 18.0. The first kappa shape index (κ1) is 18.7. The molecule has 1 fully saturated rings. The number of rotatable bonds is 4. The number of nitriles is 1. The fourth-order valence-electron chi connectivity index (χ4n) is 2.77. The van der Waals surface area contributed by atoms with Gasteiger partial charge < -0.3 is 15.5 Å². The SMILES string of the molecule is CN=C(NCc1ccc(C#N)cc1F)NC1CCN(C(=O)C(C)C)C1. The lowest BCUT2D eigenvalue weighted by Gasteiger charge is -2.20. The fourth-order valence-corrected chi connectivity index (χ4v) is 2.77. The average molecular weight is 345 g/mol. The molecule has 1 saturated heterocycles. The summed E-state index contributed by atoms with van der Waals surface area (Å²) in [5, 5.41) is 15.1. The van der Waals surface area contributed by atoms with Gasteiger partial charge in [-0.1, -0.05) is 19.9 Å². The number of benzene rings is 1. The van der Waals surface area contributed by atoms with Crippen LogP contribution in [0.2, 0.25) is 0 Å². The number of carbonyl (C=O) groups is 1. The highest BCUT2D eigenvalue weighted by molar-refractivity contribution is 5.81. The quantitative estimate of drug-likeness (QED) is 0.642. The van der Waals surface area contributed by atoms with Crippen LogP contribution in [0.25, 0.3) is 0 Å². The number of hydrogen-bond acceptors (Lipinski definition) is 3. The zero-order valence-electron chi connectivity index (χ0n) is 14.8. The van der Waals surface area contributed by atoms with E-state index in [1.165, 1.54) is 6.07 Å². The van der Waals surface area contributed by atoms with Crippen molar-refractivity contribution < 1.29 is 9.18 Å². The van der Waals surface area contributed by atoms with Crippen LogP contribution in [0.4, 0.5) is 4.39 Å². The number of guanidine groups is 1. The minimum Gasteiger partial charge on any atom is -0.352 e. The fraction of sp³-hybridized carbons (Fsp3) is 0.500. The molecule has 25 heavy (non-hydrogen) atoms. The van der Waals surface area contributed by atoms with Gasteiger partial charge in [-0.3, -0.25) is 9.79 Å². The van der Waals surface area contributed by atoms with Crippen molar-refractivity contribution in [2.75, 3.05) is 20.1 Å². The summed E-state index contributed by atoms with van der Waals surface area (Å²) in [6.45, 7) is 5.43. The molecule has 1 unspecified atom stereocenters. The van der Waals surface area contributed by atoms with Gasteiger partial charge in [-0.25, -0.2) is 4.39 Å². The summed E-state index contributed by atoms with van der Waals surface area (Å²) in [6, 6.07) is 6.43. The Labute approximate surface area is 147 Å². The van der Waals surface area contributed by atoms with Crippen LogP contribution in [0, 0.1) is 23.1 Å². The highest BCUT2D eigenvalue weighted by Crippen LogP contribution is 2.13. The molecule has 1 atom stereocenters. The topological polar surface area (TPSA) is 80.5 Å². The van der Waals surface area contributed by atoms with Crippen molar-refractivity contribution in [3.63, 3.8) is 0 Å². The summed E-state index contributed by atoms with van der Waals surface area (Å²) in [7, 11) is 1.65. The van der Waals surface area contributed by atoms with Crippen molar-refractivity contribution in [1.82, 2.24) is 15.5 Å². The van der Waals surface area contributed by atoms with Crippen LogP contribution in [0.5, 0.6) is 0 Å². The number of amides is 1. The molecule has 0 radical (unpaired) electrons. The second-order valence-corrected chi connectivity index (χ2v) is 6.41. The minimum atomic E-state index is -0.420. The van der Waals surface area contributed by atoms with Gasteiger partial charge in [-0.2, -0.15) is 5.26 Å².